The van der Waals surface area contributed by atoms with E-state index in [9.17, 15) is 9.59 Å². The Labute approximate surface area is 112 Å². The van der Waals surface area contributed by atoms with Crippen molar-refractivity contribution < 1.29 is 4.79 Å². The lowest BCUT2D eigenvalue weighted by atomic mass is 10.2. The Morgan fingerprint density at radius 3 is 2.83 bits per heavy atom. The van der Waals surface area contributed by atoms with Crippen molar-refractivity contribution in [3.05, 3.63) is 34.2 Å². The highest BCUT2D eigenvalue weighted by Crippen LogP contribution is 2.01. The van der Waals surface area contributed by atoms with Crippen LogP contribution in [0.1, 0.15) is 29.6 Å². The van der Waals surface area contributed by atoms with Crippen molar-refractivity contribution in [1.82, 2.24) is 9.88 Å². The van der Waals surface area contributed by atoms with Gasteiger partial charge in [0, 0.05) is 31.4 Å². The summed E-state index contributed by atoms with van der Waals surface area (Å²) in [6.45, 7) is 0.669. The van der Waals surface area contributed by atoms with Gasteiger partial charge in [0.2, 0.25) is 0 Å². The Morgan fingerprint density at radius 1 is 1.39 bits per heavy atom. The fraction of sp³-hybridized carbons (Fsp3) is 0.538. The number of nitrogens with one attached hydrogen (secondary N) is 1. The van der Waals surface area contributed by atoms with Crippen LogP contribution in [0.15, 0.2) is 23.1 Å². The molecule has 1 amide bonds. The fourth-order valence-corrected chi connectivity index (χ4v) is 2.03. The monoisotopic (exact) mass is 268 g/mol. The Morgan fingerprint density at radius 2 is 2.17 bits per heavy atom. The van der Waals surface area contributed by atoms with E-state index >= 15 is 0 Å². The topological polar surface area (TPSA) is 51.1 Å². The largest absolute Gasteiger partial charge is 0.352 e. The van der Waals surface area contributed by atoms with E-state index in [1.807, 2.05) is 11.8 Å². The molecule has 1 aromatic rings. The van der Waals surface area contributed by atoms with Crippen molar-refractivity contribution in [2.45, 2.75) is 19.3 Å². The molecule has 1 heterocycles. The van der Waals surface area contributed by atoms with E-state index in [2.05, 4.69) is 11.6 Å². The lowest BCUT2D eigenvalue weighted by Crippen LogP contribution is -2.26. The first-order valence-electron chi connectivity index (χ1n) is 6.09. The minimum atomic E-state index is -0.169. The molecule has 0 unspecified atom stereocenters. The fourth-order valence-electron chi connectivity index (χ4n) is 1.54. The van der Waals surface area contributed by atoms with Gasteiger partial charge in [-0.15, -0.1) is 0 Å². The first kappa shape index (κ1) is 14.8. The molecular formula is C13H20N2O2S. The zero-order valence-electron chi connectivity index (χ0n) is 10.9. The molecule has 0 aliphatic heterocycles. The Hall–Kier alpha value is -1.23. The summed E-state index contributed by atoms with van der Waals surface area (Å²) in [5.74, 6) is 1.00. The molecule has 0 fully saturated rings. The van der Waals surface area contributed by atoms with Crippen molar-refractivity contribution in [3.63, 3.8) is 0 Å². The van der Waals surface area contributed by atoms with Gasteiger partial charge in [0.25, 0.3) is 11.5 Å². The molecule has 0 aliphatic carbocycles. The van der Waals surface area contributed by atoms with Crippen LogP contribution in [0.25, 0.3) is 0 Å². The zero-order chi connectivity index (χ0) is 13.4. The van der Waals surface area contributed by atoms with E-state index in [0.717, 1.165) is 12.8 Å². The lowest BCUT2D eigenvalue weighted by molar-refractivity contribution is 0.0952. The number of thioether (sulfide) groups is 1. The maximum atomic E-state index is 11.7. The highest BCUT2D eigenvalue weighted by Gasteiger charge is 2.05. The molecule has 18 heavy (non-hydrogen) atoms. The van der Waals surface area contributed by atoms with Crippen LogP contribution in [0.2, 0.25) is 0 Å². The number of nitrogens with zero attached hydrogens (tertiary/aromatic N) is 1. The molecule has 100 valence electrons. The molecular weight excluding hydrogens is 248 g/mol. The van der Waals surface area contributed by atoms with E-state index in [4.69, 9.17) is 0 Å². The second-order valence-electron chi connectivity index (χ2n) is 4.17. The minimum absolute atomic E-state index is 0.164. The van der Waals surface area contributed by atoms with E-state index in [0.29, 0.717) is 12.1 Å². The van der Waals surface area contributed by atoms with Crippen molar-refractivity contribution in [3.8, 4) is 0 Å². The molecule has 0 saturated carbocycles. The number of pyridine rings is 1. The number of hydrogen-bond acceptors (Lipinski definition) is 3. The van der Waals surface area contributed by atoms with Gasteiger partial charge < -0.3 is 9.88 Å². The summed E-state index contributed by atoms with van der Waals surface area (Å²) in [6.07, 6.45) is 6.99. The van der Waals surface area contributed by atoms with Crippen molar-refractivity contribution in [2.24, 2.45) is 7.05 Å². The number of carbonyl (C=O) groups excluding carboxylic acids is 1. The summed E-state index contributed by atoms with van der Waals surface area (Å²) in [6, 6.07) is 3.02. The summed E-state index contributed by atoms with van der Waals surface area (Å²) >= 11 is 1.84. The highest BCUT2D eigenvalue weighted by atomic mass is 32.2. The van der Waals surface area contributed by atoms with Crippen LogP contribution in [0.3, 0.4) is 0 Å². The molecule has 0 bridgehead atoms. The van der Waals surface area contributed by atoms with E-state index < -0.39 is 0 Å². The lowest BCUT2D eigenvalue weighted by Gasteiger charge is -2.05. The van der Waals surface area contributed by atoms with Crippen LogP contribution >= 0.6 is 11.8 Å². The maximum absolute atomic E-state index is 11.7. The van der Waals surface area contributed by atoms with Crippen LogP contribution in [0.5, 0.6) is 0 Å². The molecule has 4 nitrogen and oxygen atoms in total. The average molecular weight is 268 g/mol. The minimum Gasteiger partial charge on any atom is -0.352 e. The first-order valence-corrected chi connectivity index (χ1v) is 7.48. The highest BCUT2D eigenvalue weighted by molar-refractivity contribution is 7.98. The SMILES string of the molecule is CSCCCCCNC(=O)c1ccn(C)c(=O)c1. The third-order valence-corrected chi connectivity index (χ3v) is 3.37. The van der Waals surface area contributed by atoms with Gasteiger partial charge in [-0.2, -0.15) is 11.8 Å². The van der Waals surface area contributed by atoms with Crippen molar-refractivity contribution >= 4 is 17.7 Å². The van der Waals surface area contributed by atoms with Crippen LogP contribution in [-0.2, 0) is 7.05 Å². The van der Waals surface area contributed by atoms with Gasteiger partial charge in [-0.1, -0.05) is 6.42 Å². The number of rotatable bonds is 7. The van der Waals surface area contributed by atoms with Crippen LogP contribution in [0, 0.1) is 0 Å². The van der Waals surface area contributed by atoms with Crippen LogP contribution in [0.4, 0.5) is 0 Å². The van der Waals surface area contributed by atoms with Gasteiger partial charge in [0.05, 0.1) is 0 Å². The Kier molecular flexibility index (Phi) is 6.57. The van der Waals surface area contributed by atoms with E-state index in [1.165, 1.54) is 22.8 Å². The molecule has 0 radical (unpaired) electrons. The van der Waals surface area contributed by atoms with Gasteiger partial charge in [-0.05, 0) is 30.9 Å². The quantitative estimate of drug-likeness (QED) is 0.765. The summed E-state index contributed by atoms with van der Waals surface area (Å²) in [4.78, 5) is 23.1. The summed E-state index contributed by atoms with van der Waals surface area (Å²) in [5, 5.41) is 2.83. The summed E-state index contributed by atoms with van der Waals surface area (Å²) < 4.78 is 1.44. The van der Waals surface area contributed by atoms with Crippen molar-refractivity contribution in [1.29, 1.82) is 0 Å². The second-order valence-corrected chi connectivity index (χ2v) is 5.16. The van der Waals surface area contributed by atoms with Crippen molar-refractivity contribution in [2.75, 3.05) is 18.6 Å². The standard InChI is InChI=1S/C13H20N2O2S/c1-15-8-6-11(10-12(15)16)13(17)14-7-4-3-5-9-18-2/h6,8,10H,3-5,7,9H2,1-2H3,(H,14,17). The summed E-state index contributed by atoms with van der Waals surface area (Å²) in [5.41, 5.74) is 0.268. The van der Waals surface area contributed by atoms with E-state index in [1.54, 1.807) is 19.3 Å². The predicted octanol–water partition coefficient (Wildman–Crippen LogP) is 1.65. The smallest absolute Gasteiger partial charge is 0.251 e. The number of carbonyl (C=O) groups is 1. The molecule has 1 rings (SSSR count). The van der Waals surface area contributed by atoms with Gasteiger partial charge in [0.15, 0.2) is 0 Å². The number of hydrogen-bond donors (Lipinski definition) is 1. The van der Waals surface area contributed by atoms with Gasteiger partial charge in [-0.3, -0.25) is 9.59 Å². The Balaban J connectivity index is 2.32. The number of amides is 1. The maximum Gasteiger partial charge on any atom is 0.251 e. The molecule has 0 saturated heterocycles. The van der Waals surface area contributed by atoms with Gasteiger partial charge in [0.1, 0.15) is 0 Å². The first-order chi connectivity index (χ1) is 8.65. The number of aromatic nitrogens is 1. The predicted molar refractivity (Wildman–Crippen MR) is 76.2 cm³/mol. The zero-order valence-corrected chi connectivity index (χ0v) is 11.8. The molecule has 0 aromatic carbocycles. The van der Waals surface area contributed by atoms with Crippen LogP contribution < -0.4 is 10.9 Å². The Bertz CT molecular complexity index is 443. The number of aryl methyl sites for hydroxylation is 1. The number of unbranched alkanes of at least 4 members (excludes halogenated alkanes) is 2. The third-order valence-electron chi connectivity index (χ3n) is 2.68. The third kappa shape index (κ3) is 4.96. The summed E-state index contributed by atoms with van der Waals surface area (Å²) in [7, 11) is 1.66. The molecule has 0 spiro atoms. The molecule has 5 heteroatoms. The van der Waals surface area contributed by atoms with Gasteiger partial charge >= 0.3 is 0 Å². The molecule has 0 atom stereocenters. The van der Waals surface area contributed by atoms with Gasteiger partial charge in [-0.25, -0.2) is 0 Å². The average Bonchev–Trinajstić information content (AvgIpc) is 2.36. The van der Waals surface area contributed by atoms with Crippen LogP contribution in [-0.4, -0.2) is 29.0 Å². The molecule has 1 aromatic heterocycles. The van der Waals surface area contributed by atoms with E-state index in [-0.39, 0.29) is 11.5 Å². The normalized spacial score (nSPS) is 10.3. The molecule has 0 aliphatic rings. The molecule has 1 N–H and O–H groups in total. The second kappa shape index (κ2) is 7.97.